The number of aliphatic hydroxyl groups is 1. The van der Waals surface area contributed by atoms with Gasteiger partial charge in [0.05, 0.1) is 17.7 Å². The molecule has 188 valence electrons. The Morgan fingerprint density at radius 2 is 1.62 bits per heavy atom. The van der Waals surface area contributed by atoms with Crippen molar-refractivity contribution in [3.63, 3.8) is 0 Å². The van der Waals surface area contributed by atoms with E-state index in [1.54, 1.807) is 24.5 Å². The Hall–Kier alpha value is -4.19. The maximum Gasteiger partial charge on any atom is 0.316 e. The molecule has 0 radical (unpaired) electrons. The van der Waals surface area contributed by atoms with Crippen LogP contribution in [0.1, 0.15) is 48.6 Å². The number of benzene rings is 2. The van der Waals surface area contributed by atoms with Crippen LogP contribution in [0.3, 0.4) is 0 Å². The standard InChI is InChI=1S/C31H30N2O4/c1-3-36-30(35)31(17-18-31)26-13-11-23(12-14-26)22-7-9-25(10-8-22)29-27(21(2)33-37-29)5-4-6-28(34)24-15-19-32-20-16-24/h6-16,19-20,34H,3-5,17-18H2,1-2H3/b28-6-. The molecule has 1 saturated carbocycles. The number of pyridine rings is 1. The number of carbonyl (C=O) groups excluding carboxylic acids is 1. The highest BCUT2D eigenvalue weighted by molar-refractivity contribution is 5.87. The molecule has 1 aliphatic carbocycles. The van der Waals surface area contributed by atoms with Gasteiger partial charge in [0.25, 0.3) is 0 Å². The Morgan fingerprint density at radius 1 is 1.00 bits per heavy atom. The molecule has 0 saturated heterocycles. The number of aliphatic hydroxyl groups excluding tert-OH is 1. The molecule has 2 aromatic heterocycles. The lowest BCUT2D eigenvalue weighted by Crippen LogP contribution is -2.23. The fraction of sp³-hybridized carbons (Fsp3) is 0.258. The molecule has 1 aliphatic rings. The second-order valence-electron chi connectivity index (χ2n) is 9.40. The van der Waals surface area contributed by atoms with E-state index in [0.717, 1.165) is 57.7 Å². The molecule has 6 nitrogen and oxygen atoms in total. The van der Waals surface area contributed by atoms with Gasteiger partial charge in [0.2, 0.25) is 0 Å². The Balaban J connectivity index is 1.29. The molecule has 0 amide bonds. The number of nitrogens with zero attached hydrogens (tertiary/aromatic N) is 2. The Morgan fingerprint density at radius 3 is 2.24 bits per heavy atom. The zero-order valence-corrected chi connectivity index (χ0v) is 21.1. The quantitative estimate of drug-likeness (QED) is 0.203. The van der Waals surface area contributed by atoms with Gasteiger partial charge in [-0.1, -0.05) is 53.7 Å². The molecule has 2 aromatic carbocycles. The van der Waals surface area contributed by atoms with Gasteiger partial charge in [-0.05, 0) is 74.4 Å². The number of carbonyl (C=O) groups is 1. The van der Waals surface area contributed by atoms with Crippen molar-refractivity contribution >= 4 is 11.7 Å². The fourth-order valence-corrected chi connectivity index (χ4v) is 4.70. The first-order valence-electron chi connectivity index (χ1n) is 12.6. The first kappa shape index (κ1) is 24.5. The molecule has 0 spiro atoms. The van der Waals surface area contributed by atoms with Crippen LogP contribution in [-0.4, -0.2) is 27.8 Å². The maximum absolute atomic E-state index is 12.4. The summed E-state index contributed by atoms with van der Waals surface area (Å²) in [5.74, 6) is 0.873. The van der Waals surface area contributed by atoms with Crippen LogP contribution in [0.2, 0.25) is 0 Å². The molecule has 0 bridgehead atoms. The summed E-state index contributed by atoms with van der Waals surface area (Å²) in [5.41, 5.74) is 6.32. The average Bonchev–Trinajstić information content (AvgIpc) is 3.68. The van der Waals surface area contributed by atoms with Crippen molar-refractivity contribution in [3.8, 4) is 22.5 Å². The van der Waals surface area contributed by atoms with Gasteiger partial charge in [0.1, 0.15) is 5.76 Å². The summed E-state index contributed by atoms with van der Waals surface area (Å²) in [6.07, 6.45) is 8.17. The van der Waals surface area contributed by atoms with Crippen molar-refractivity contribution in [2.24, 2.45) is 0 Å². The SMILES string of the molecule is CCOC(=O)C1(c2ccc(-c3ccc(-c4onc(C)c4CC/C=C(\O)c4ccncc4)cc3)cc2)CC1. The van der Waals surface area contributed by atoms with E-state index in [2.05, 4.69) is 34.4 Å². The molecule has 0 aliphatic heterocycles. The summed E-state index contributed by atoms with van der Waals surface area (Å²) in [6, 6.07) is 20.0. The molecule has 37 heavy (non-hydrogen) atoms. The van der Waals surface area contributed by atoms with Crippen LogP contribution in [0.5, 0.6) is 0 Å². The van der Waals surface area contributed by atoms with E-state index in [-0.39, 0.29) is 11.7 Å². The number of ether oxygens (including phenoxy) is 1. The largest absolute Gasteiger partial charge is 0.508 e. The van der Waals surface area contributed by atoms with E-state index in [1.165, 1.54) is 0 Å². The third-order valence-corrected chi connectivity index (χ3v) is 7.03. The van der Waals surface area contributed by atoms with Gasteiger partial charge >= 0.3 is 5.97 Å². The van der Waals surface area contributed by atoms with Gasteiger partial charge in [-0.15, -0.1) is 0 Å². The summed E-state index contributed by atoms with van der Waals surface area (Å²) in [6.45, 7) is 4.19. The van der Waals surface area contributed by atoms with E-state index in [1.807, 2.05) is 44.2 Å². The van der Waals surface area contributed by atoms with Gasteiger partial charge in [0, 0.05) is 29.1 Å². The van der Waals surface area contributed by atoms with Crippen molar-refractivity contribution in [3.05, 3.63) is 102 Å². The first-order valence-corrected chi connectivity index (χ1v) is 12.6. The van der Waals surface area contributed by atoms with Gasteiger partial charge in [0.15, 0.2) is 5.76 Å². The Bertz CT molecular complexity index is 1400. The minimum Gasteiger partial charge on any atom is -0.508 e. The zero-order chi connectivity index (χ0) is 25.8. The molecule has 4 aromatic rings. The van der Waals surface area contributed by atoms with Gasteiger partial charge in [-0.3, -0.25) is 9.78 Å². The van der Waals surface area contributed by atoms with Crippen LogP contribution in [0.25, 0.3) is 28.2 Å². The van der Waals surface area contributed by atoms with Crippen molar-refractivity contribution < 1.29 is 19.2 Å². The number of aromatic nitrogens is 2. The van der Waals surface area contributed by atoms with E-state index in [9.17, 15) is 9.90 Å². The number of esters is 1. The highest BCUT2D eigenvalue weighted by Gasteiger charge is 2.52. The van der Waals surface area contributed by atoms with Crippen LogP contribution in [0.4, 0.5) is 0 Å². The second kappa shape index (κ2) is 10.4. The number of rotatable bonds is 9. The van der Waals surface area contributed by atoms with Gasteiger partial charge in [-0.2, -0.15) is 0 Å². The normalized spacial score (nSPS) is 14.4. The van der Waals surface area contributed by atoms with E-state index in [4.69, 9.17) is 9.26 Å². The summed E-state index contributed by atoms with van der Waals surface area (Å²) < 4.78 is 11.0. The van der Waals surface area contributed by atoms with Gasteiger partial charge < -0.3 is 14.4 Å². The highest BCUT2D eigenvalue weighted by Crippen LogP contribution is 2.49. The van der Waals surface area contributed by atoms with Crippen molar-refractivity contribution in [2.45, 2.75) is 44.9 Å². The number of hydrogen-bond acceptors (Lipinski definition) is 6. The summed E-state index contributed by atoms with van der Waals surface area (Å²) in [5, 5.41) is 14.5. The summed E-state index contributed by atoms with van der Waals surface area (Å²) in [4.78, 5) is 16.4. The van der Waals surface area contributed by atoms with Crippen LogP contribution < -0.4 is 0 Å². The molecule has 1 fully saturated rings. The number of aryl methyl sites for hydroxylation is 1. The molecule has 0 unspecified atom stereocenters. The highest BCUT2D eigenvalue weighted by atomic mass is 16.5. The average molecular weight is 495 g/mol. The third-order valence-electron chi connectivity index (χ3n) is 7.03. The molecule has 5 rings (SSSR count). The maximum atomic E-state index is 12.4. The molecule has 1 N–H and O–H groups in total. The van der Waals surface area contributed by atoms with Crippen LogP contribution >= 0.6 is 0 Å². The molecule has 0 atom stereocenters. The summed E-state index contributed by atoms with van der Waals surface area (Å²) in [7, 11) is 0. The van der Waals surface area contributed by atoms with Gasteiger partial charge in [-0.25, -0.2) is 0 Å². The van der Waals surface area contributed by atoms with Crippen molar-refractivity contribution in [1.82, 2.24) is 10.1 Å². The van der Waals surface area contributed by atoms with Crippen LogP contribution in [-0.2, 0) is 21.4 Å². The molecular weight excluding hydrogens is 464 g/mol. The predicted molar refractivity (Wildman–Crippen MR) is 143 cm³/mol. The first-order chi connectivity index (χ1) is 18.0. The second-order valence-corrected chi connectivity index (χ2v) is 9.40. The third kappa shape index (κ3) is 5.05. The molecule has 2 heterocycles. The fourth-order valence-electron chi connectivity index (χ4n) is 4.70. The topological polar surface area (TPSA) is 85.5 Å². The van der Waals surface area contributed by atoms with E-state index < -0.39 is 5.41 Å². The summed E-state index contributed by atoms with van der Waals surface area (Å²) >= 11 is 0. The van der Waals surface area contributed by atoms with Crippen molar-refractivity contribution in [1.29, 1.82) is 0 Å². The molecular formula is C31H30N2O4. The Kier molecular flexibility index (Phi) is 6.91. The monoisotopic (exact) mass is 494 g/mol. The van der Waals surface area contributed by atoms with Crippen LogP contribution in [0.15, 0.2) is 83.7 Å². The Labute approximate surface area is 216 Å². The lowest BCUT2D eigenvalue weighted by molar-refractivity contribution is -0.146. The zero-order valence-electron chi connectivity index (χ0n) is 21.1. The minimum absolute atomic E-state index is 0.117. The predicted octanol–water partition coefficient (Wildman–Crippen LogP) is 6.84. The van der Waals surface area contributed by atoms with Crippen LogP contribution in [0, 0.1) is 6.92 Å². The minimum atomic E-state index is -0.455. The smallest absolute Gasteiger partial charge is 0.316 e. The lowest BCUT2D eigenvalue weighted by atomic mass is 9.93. The van der Waals surface area contributed by atoms with E-state index in [0.29, 0.717) is 19.4 Å². The lowest BCUT2D eigenvalue weighted by Gasteiger charge is -2.14. The van der Waals surface area contributed by atoms with E-state index >= 15 is 0 Å². The van der Waals surface area contributed by atoms with Crippen molar-refractivity contribution in [2.75, 3.05) is 6.61 Å². The number of hydrogen-bond donors (Lipinski definition) is 1. The number of allylic oxidation sites excluding steroid dienone is 1. The molecule has 6 heteroatoms.